The molecule has 0 heteroatoms. The minimum Gasteiger partial charge on any atom is -0.0885 e. The molecule has 1 aliphatic carbocycles. The van der Waals surface area contributed by atoms with Crippen LogP contribution in [0, 0.1) is 17.8 Å². The SMILES string of the molecule is CCC=CC(C)C1CC1C. The number of allylic oxidation sites excluding steroid dienone is 2. The Morgan fingerprint density at radius 1 is 1.60 bits per heavy atom. The van der Waals surface area contributed by atoms with Crippen LogP contribution in [0.3, 0.4) is 0 Å². The summed E-state index contributed by atoms with van der Waals surface area (Å²) in [5.41, 5.74) is 0. The molecule has 0 N–H and O–H groups in total. The topological polar surface area (TPSA) is 0 Å². The van der Waals surface area contributed by atoms with Crippen LogP contribution in [0.4, 0.5) is 0 Å². The molecule has 1 saturated carbocycles. The van der Waals surface area contributed by atoms with Crippen molar-refractivity contribution in [2.24, 2.45) is 17.8 Å². The fourth-order valence-corrected chi connectivity index (χ4v) is 1.58. The molecule has 1 rings (SSSR count). The van der Waals surface area contributed by atoms with Crippen LogP contribution in [-0.2, 0) is 0 Å². The van der Waals surface area contributed by atoms with Crippen LogP contribution in [0.1, 0.15) is 33.6 Å². The molecule has 0 radical (unpaired) electrons. The lowest BCUT2D eigenvalue weighted by Crippen LogP contribution is -1.92. The second-order valence-electron chi connectivity index (χ2n) is 3.57. The van der Waals surface area contributed by atoms with E-state index >= 15 is 0 Å². The average Bonchev–Trinajstić information content (AvgIpc) is 2.62. The largest absolute Gasteiger partial charge is 0.0885 e. The van der Waals surface area contributed by atoms with Gasteiger partial charge in [0, 0.05) is 0 Å². The average molecular weight is 138 g/mol. The summed E-state index contributed by atoms with van der Waals surface area (Å²) in [6, 6.07) is 0. The van der Waals surface area contributed by atoms with Crippen molar-refractivity contribution in [3.8, 4) is 0 Å². The second kappa shape index (κ2) is 3.23. The van der Waals surface area contributed by atoms with Gasteiger partial charge in [-0.25, -0.2) is 0 Å². The maximum atomic E-state index is 2.37. The summed E-state index contributed by atoms with van der Waals surface area (Å²) in [7, 11) is 0. The Hall–Kier alpha value is -0.260. The normalized spacial score (nSPS) is 34.7. The zero-order valence-electron chi connectivity index (χ0n) is 7.30. The lowest BCUT2D eigenvalue weighted by Gasteiger charge is -2.01. The number of rotatable bonds is 3. The zero-order valence-corrected chi connectivity index (χ0v) is 7.30. The maximum absolute atomic E-state index is 2.37. The van der Waals surface area contributed by atoms with Gasteiger partial charge in [-0.2, -0.15) is 0 Å². The highest BCUT2D eigenvalue weighted by molar-refractivity contribution is 4.96. The Morgan fingerprint density at radius 2 is 2.20 bits per heavy atom. The minimum absolute atomic E-state index is 0.829. The standard InChI is InChI=1S/C10H18/c1-4-5-6-8(2)10-7-9(10)3/h5-6,8-10H,4,7H2,1-3H3. The summed E-state index contributed by atoms with van der Waals surface area (Å²) >= 11 is 0. The molecule has 0 aliphatic heterocycles. The van der Waals surface area contributed by atoms with Crippen LogP contribution in [0.5, 0.6) is 0 Å². The Labute approximate surface area is 64.3 Å². The van der Waals surface area contributed by atoms with E-state index in [0.717, 1.165) is 17.8 Å². The van der Waals surface area contributed by atoms with Crippen molar-refractivity contribution in [3.05, 3.63) is 12.2 Å². The number of hydrogen-bond acceptors (Lipinski definition) is 0. The van der Waals surface area contributed by atoms with E-state index in [1.807, 2.05) is 0 Å². The van der Waals surface area contributed by atoms with Crippen LogP contribution in [0.15, 0.2) is 12.2 Å². The van der Waals surface area contributed by atoms with E-state index in [9.17, 15) is 0 Å². The smallest absolute Gasteiger partial charge is 0.0231 e. The first-order valence-corrected chi connectivity index (χ1v) is 4.42. The first-order chi connectivity index (χ1) is 4.75. The molecule has 58 valence electrons. The van der Waals surface area contributed by atoms with Crippen molar-refractivity contribution in [1.29, 1.82) is 0 Å². The molecule has 0 bridgehead atoms. The first kappa shape index (κ1) is 7.84. The molecule has 3 atom stereocenters. The summed E-state index contributed by atoms with van der Waals surface area (Å²) in [6.45, 7) is 6.88. The first-order valence-electron chi connectivity index (χ1n) is 4.42. The molecular formula is C10H18. The van der Waals surface area contributed by atoms with E-state index in [1.54, 1.807) is 0 Å². The Kier molecular flexibility index (Phi) is 2.53. The molecule has 0 amide bonds. The highest BCUT2D eigenvalue weighted by Gasteiger charge is 2.35. The van der Waals surface area contributed by atoms with Crippen LogP contribution in [0.2, 0.25) is 0 Å². The Bertz CT molecular complexity index is 124. The van der Waals surface area contributed by atoms with E-state index in [1.165, 1.54) is 12.8 Å². The molecule has 0 aromatic rings. The van der Waals surface area contributed by atoms with Gasteiger partial charge in [-0.15, -0.1) is 0 Å². The second-order valence-corrected chi connectivity index (χ2v) is 3.57. The summed E-state index contributed by atoms with van der Waals surface area (Å²) in [6.07, 6.45) is 7.30. The highest BCUT2D eigenvalue weighted by Crippen LogP contribution is 2.44. The van der Waals surface area contributed by atoms with Crippen LogP contribution >= 0.6 is 0 Å². The molecule has 0 aromatic heterocycles. The predicted molar refractivity (Wildman–Crippen MR) is 45.9 cm³/mol. The van der Waals surface area contributed by atoms with Gasteiger partial charge >= 0.3 is 0 Å². The third kappa shape index (κ3) is 1.86. The van der Waals surface area contributed by atoms with Gasteiger partial charge in [0.25, 0.3) is 0 Å². The molecule has 10 heavy (non-hydrogen) atoms. The van der Waals surface area contributed by atoms with Crippen molar-refractivity contribution in [2.45, 2.75) is 33.6 Å². The van der Waals surface area contributed by atoms with Crippen molar-refractivity contribution >= 4 is 0 Å². The minimum atomic E-state index is 0.829. The lowest BCUT2D eigenvalue weighted by molar-refractivity contribution is 0.585. The van der Waals surface area contributed by atoms with Gasteiger partial charge in [0.2, 0.25) is 0 Å². The van der Waals surface area contributed by atoms with E-state index < -0.39 is 0 Å². The highest BCUT2D eigenvalue weighted by atomic mass is 14.4. The van der Waals surface area contributed by atoms with Gasteiger partial charge in [-0.05, 0) is 30.6 Å². The zero-order chi connectivity index (χ0) is 7.56. The summed E-state index contributed by atoms with van der Waals surface area (Å²) in [4.78, 5) is 0. The van der Waals surface area contributed by atoms with Gasteiger partial charge in [-0.3, -0.25) is 0 Å². The summed E-state index contributed by atoms with van der Waals surface area (Å²) < 4.78 is 0. The van der Waals surface area contributed by atoms with E-state index in [4.69, 9.17) is 0 Å². The van der Waals surface area contributed by atoms with Crippen molar-refractivity contribution in [3.63, 3.8) is 0 Å². The fourth-order valence-electron chi connectivity index (χ4n) is 1.58. The van der Waals surface area contributed by atoms with E-state index in [-0.39, 0.29) is 0 Å². The lowest BCUT2D eigenvalue weighted by atomic mass is 10.0. The van der Waals surface area contributed by atoms with Gasteiger partial charge in [-0.1, -0.05) is 32.9 Å². The van der Waals surface area contributed by atoms with Crippen LogP contribution in [-0.4, -0.2) is 0 Å². The summed E-state index contributed by atoms with van der Waals surface area (Å²) in [5.74, 6) is 2.83. The van der Waals surface area contributed by atoms with Crippen molar-refractivity contribution < 1.29 is 0 Å². The Balaban J connectivity index is 2.22. The molecule has 1 fully saturated rings. The van der Waals surface area contributed by atoms with Gasteiger partial charge < -0.3 is 0 Å². The molecule has 0 aromatic carbocycles. The molecule has 3 unspecified atom stereocenters. The molecule has 0 spiro atoms. The fraction of sp³-hybridized carbons (Fsp3) is 0.800. The van der Waals surface area contributed by atoms with Crippen LogP contribution in [0.25, 0.3) is 0 Å². The van der Waals surface area contributed by atoms with Gasteiger partial charge in [0.05, 0.1) is 0 Å². The molecule has 0 nitrogen and oxygen atoms in total. The quantitative estimate of drug-likeness (QED) is 0.525. The molecular weight excluding hydrogens is 120 g/mol. The third-order valence-electron chi connectivity index (χ3n) is 2.52. The maximum Gasteiger partial charge on any atom is -0.0231 e. The van der Waals surface area contributed by atoms with Gasteiger partial charge in [0.1, 0.15) is 0 Å². The molecule has 0 heterocycles. The van der Waals surface area contributed by atoms with Gasteiger partial charge in [0.15, 0.2) is 0 Å². The molecule has 1 aliphatic rings. The van der Waals surface area contributed by atoms with E-state index in [2.05, 4.69) is 32.9 Å². The summed E-state index contributed by atoms with van der Waals surface area (Å²) in [5, 5.41) is 0. The monoisotopic (exact) mass is 138 g/mol. The van der Waals surface area contributed by atoms with Crippen molar-refractivity contribution in [1.82, 2.24) is 0 Å². The molecule has 0 saturated heterocycles. The third-order valence-corrected chi connectivity index (χ3v) is 2.52. The predicted octanol–water partition coefficient (Wildman–Crippen LogP) is 3.24. The van der Waals surface area contributed by atoms with Crippen LogP contribution < -0.4 is 0 Å². The van der Waals surface area contributed by atoms with E-state index in [0.29, 0.717) is 0 Å². The number of hydrogen-bond donors (Lipinski definition) is 0. The van der Waals surface area contributed by atoms with Crippen molar-refractivity contribution in [2.75, 3.05) is 0 Å². The Morgan fingerprint density at radius 3 is 2.60 bits per heavy atom.